The van der Waals surface area contributed by atoms with Crippen LogP contribution in [0.4, 0.5) is 16.2 Å². The average molecular weight is 622 g/mol. The van der Waals surface area contributed by atoms with Gasteiger partial charge in [0.25, 0.3) is 0 Å². The van der Waals surface area contributed by atoms with Crippen LogP contribution in [0.15, 0.2) is 58.4 Å². The molecule has 0 bridgehead atoms. The molecule has 218 valence electrons. The van der Waals surface area contributed by atoms with Gasteiger partial charge in [0.2, 0.25) is 15.8 Å². The summed E-state index contributed by atoms with van der Waals surface area (Å²) in [6, 6.07) is 10.6. The van der Waals surface area contributed by atoms with E-state index < -0.39 is 21.6 Å². The first-order valence-electron chi connectivity index (χ1n) is 13.3. The lowest BCUT2D eigenvalue weighted by atomic mass is 10.2. The molecule has 2 N–H and O–H groups in total. The Bertz CT molecular complexity index is 1600. The molecule has 2 heterocycles. The molecule has 2 aromatic carbocycles. The molecule has 1 aromatic heterocycles. The summed E-state index contributed by atoms with van der Waals surface area (Å²) in [5.41, 5.74) is 0.956. The van der Waals surface area contributed by atoms with Crippen molar-refractivity contribution in [1.29, 1.82) is 0 Å². The van der Waals surface area contributed by atoms with Gasteiger partial charge in [0.05, 0.1) is 33.6 Å². The summed E-state index contributed by atoms with van der Waals surface area (Å²) >= 11 is 12.4. The smallest absolute Gasteiger partial charge is 0.319 e. The zero-order valence-corrected chi connectivity index (χ0v) is 24.7. The third-order valence-electron chi connectivity index (χ3n) is 7.19. The van der Waals surface area contributed by atoms with Gasteiger partial charge < -0.3 is 20.3 Å². The van der Waals surface area contributed by atoms with Gasteiger partial charge in [-0.2, -0.15) is 14.1 Å². The first-order valence-corrected chi connectivity index (χ1v) is 15.5. The minimum atomic E-state index is -3.86. The summed E-state index contributed by atoms with van der Waals surface area (Å²) in [6.45, 7) is 1.01. The Hall–Kier alpha value is -3.32. The van der Waals surface area contributed by atoms with Gasteiger partial charge in [0.15, 0.2) is 0 Å². The predicted molar refractivity (Wildman–Crippen MR) is 158 cm³/mol. The number of halogens is 2. The number of nitrogens with zero attached hydrogens (tertiary/aromatic N) is 4. The number of hydrogen-bond acceptors (Lipinski definition) is 7. The maximum absolute atomic E-state index is 13.6. The fraction of sp³-hybridized carbons (Fsp3) is 0.370. The molecule has 5 rings (SSSR count). The lowest BCUT2D eigenvalue weighted by Crippen LogP contribution is -2.49. The summed E-state index contributed by atoms with van der Waals surface area (Å²) in [5, 5.41) is 9.95. The number of carbonyl (C=O) groups is 1. The average Bonchev–Trinajstić information content (AvgIpc) is 3.48. The minimum Gasteiger partial charge on any atom is -0.483 e. The molecule has 0 radical (unpaired) electrons. The first-order chi connectivity index (χ1) is 19.7. The third-order valence-corrected chi connectivity index (χ3v) is 9.63. The number of ether oxygens (including phenoxy) is 1. The number of nitrogens with one attached hydrogen (secondary N) is 2. The number of urea groups is 1. The highest BCUT2D eigenvalue weighted by molar-refractivity contribution is 7.89. The lowest BCUT2D eigenvalue weighted by molar-refractivity contribution is 0.205. The van der Waals surface area contributed by atoms with Crippen LogP contribution >= 0.6 is 23.2 Å². The fourth-order valence-electron chi connectivity index (χ4n) is 4.99. The van der Waals surface area contributed by atoms with Crippen LogP contribution in [0.25, 0.3) is 5.69 Å². The molecule has 41 heavy (non-hydrogen) atoms. The number of rotatable bonds is 7. The van der Waals surface area contributed by atoms with E-state index in [0.29, 0.717) is 35.2 Å². The van der Waals surface area contributed by atoms with Gasteiger partial charge in [-0.15, -0.1) is 0 Å². The molecule has 1 aliphatic heterocycles. The summed E-state index contributed by atoms with van der Waals surface area (Å²) < 4.78 is 35.7. The quantitative estimate of drug-likeness (QED) is 0.407. The van der Waals surface area contributed by atoms with Gasteiger partial charge in [0.1, 0.15) is 5.69 Å². The molecule has 3 aromatic rings. The van der Waals surface area contributed by atoms with E-state index in [2.05, 4.69) is 15.7 Å². The second-order valence-electron chi connectivity index (χ2n) is 9.82. The SMILES string of the molecule is CNC(=O)Nc1ccc(S(=O)(=O)N2CCN(c3cnn(-c4cccc(Cl)c4)c(=O)c3OC3CCCC3)CC2)cc1Cl. The summed E-state index contributed by atoms with van der Waals surface area (Å²) in [4.78, 5) is 27.2. The Balaban J connectivity index is 1.37. The molecule has 1 saturated heterocycles. The topological polar surface area (TPSA) is 126 Å². The van der Waals surface area contributed by atoms with Gasteiger partial charge in [-0.05, 0) is 62.1 Å². The van der Waals surface area contributed by atoms with Crippen molar-refractivity contribution in [2.75, 3.05) is 43.4 Å². The Kier molecular flexibility index (Phi) is 8.74. The van der Waals surface area contributed by atoms with Crippen LogP contribution in [-0.4, -0.2) is 67.9 Å². The maximum Gasteiger partial charge on any atom is 0.319 e. The van der Waals surface area contributed by atoms with E-state index in [0.717, 1.165) is 25.7 Å². The molecule has 2 amide bonds. The Labute approximate surface area is 248 Å². The Morgan fingerprint density at radius 3 is 2.44 bits per heavy atom. The number of carbonyl (C=O) groups excluding carboxylic acids is 1. The second kappa shape index (κ2) is 12.3. The van der Waals surface area contributed by atoms with Gasteiger partial charge in [-0.1, -0.05) is 29.3 Å². The third kappa shape index (κ3) is 6.30. The number of anilines is 2. The van der Waals surface area contributed by atoms with E-state index in [1.165, 1.54) is 34.2 Å². The molecular weight excluding hydrogens is 591 g/mol. The van der Waals surface area contributed by atoms with E-state index in [4.69, 9.17) is 27.9 Å². The molecule has 0 spiro atoms. The minimum absolute atomic E-state index is 0.0226. The van der Waals surface area contributed by atoms with E-state index in [-0.39, 0.29) is 34.9 Å². The van der Waals surface area contributed by atoms with Crippen molar-refractivity contribution in [2.45, 2.75) is 36.7 Å². The largest absolute Gasteiger partial charge is 0.483 e. The van der Waals surface area contributed by atoms with Crippen LogP contribution in [0.5, 0.6) is 5.75 Å². The maximum atomic E-state index is 13.6. The summed E-state index contributed by atoms with van der Waals surface area (Å²) in [6.07, 6.45) is 5.33. The molecule has 11 nitrogen and oxygen atoms in total. The lowest BCUT2D eigenvalue weighted by Gasteiger charge is -2.36. The summed E-state index contributed by atoms with van der Waals surface area (Å²) in [7, 11) is -2.39. The highest BCUT2D eigenvalue weighted by Gasteiger charge is 2.32. The number of hydrogen-bond donors (Lipinski definition) is 2. The molecule has 2 fully saturated rings. The molecule has 0 unspecified atom stereocenters. The van der Waals surface area contributed by atoms with Crippen molar-refractivity contribution in [3.63, 3.8) is 0 Å². The first kappa shape index (κ1) is 29.2. The van der Waals surface area contributed by atoms with Gasteiger partial charge >= 0.3 is 11.6 Å². The van der Waals surface area contributed by atoms with Crippen molar-refractivity contribution in [3.05, 3.63) is 69.1 Å². The molecule has 1 aliphatic carbocycles. The Morgan fingerprint density at radius 2 is 1.78 bits per heavy atom. The zero-order valence-electron chi connectivity index (χ0n) is 22.3. The van der Waals surface area contributed by atoms with E-state index in [1.54, 1.807) is 30.5 Å². The second-order valence-corrected chi connectivity index (χ2v) is 12.6. The summed E-state index contributed by atoms with van der Waals surface area (Å²) in [5.74, 6) is 0.203. The number of aromatic nitrogens is 2. The fourth-order valence-corrected chi connectivity index (χ4v) is 6.92. The molecule has 0 atom stereocenters. The van der Waals surface area contributed by atoms with Crippen molar-refractivity contribution in [3.8, 4) is 11.4 Å². The van der Waals surface area contributed by atoms with Gasteiger partial charge in [-0.25, -0.2) is 13.2 Å². The Morgan fingerprint density at radius 1 is 1.05 bits per heavy atom. The normalized spacial score (nSPS) is 16.5. The number of piperazine rings is 1. The van der Waals surface area contributed by atoms with Crippen LogP contribution in [0, 0.1) is 0 Å². The zero-order chi connectivity index (χ0) is 29.1. The highest BCUT2D eigenvalue weighted by atomic mass is 35.5. The van der Waals surface area contributed by atoms with Crippen molar-refractivity contribution >= 4 is 50.6 Å². The van der Waals surface area contributed by atoms with Gasteiger partial charge in [0, 0.05) is 38.2 Å². The highest BCUT2D eigenvalue weighted by Crippen LogP contribution is 2.32. The van der Waals surface area contributed by atoms with Crippen molar-refractivity contribution in [1.82, 2.24) is 19.4 Å². The number of benzene rings is 2. The molecule has 14 heteroatoms. The van der Waals surface area contributed by atoms with Crippen LogP contribution in [0.1, 0.15) is 25.7 Å². The van der Waals surface area contributed by atoms with Crippen molar-refractivity contribution in [2.24, 2.45) is 0 Å². The van der Waals surface area contributed by atoms with Crippen LogP contribution < -0.4 is 25.8 Å². The van der Waals surface area contributed by atoms with E-state index in [9.17, 15) is 18.0 Å². The molecule has 2 aliphatic rings. The monoisotopic (exact) mass is 620 g/mol. The van der Waals surface area contributed by atoms with Crippen LogP contribution in [0.2, 0.25) is 10.0 Å². The van der Waals surface area contributed by atoms with Crippen LogP contribution in [-0.2, 0) is 10.0 Å². The molecular formula is C27H30Cl2N6O5S. The van der Waals surface area contributed by atoms with Crippen molar-refractivity contribution < 1.29 is 17.9 Å². The van der Waals surface area contributed by atoms with Gasteiger partial charge in [-0.3, -0.25) is 4.79 Å². The predicted octanol–water partition coefficient (Wildman–Crippen LogP) is 4.12. The van der Waals surface area contributed by atoms with E-state index in [1.807, 2.05) is 4.90 Å². The van der Waals surface area contributed by atoms with Crippen LogP contribution in [0.3, 0.4) is 0 Å². The molecule has 1 saturated carbocycles. The standard InChI is InChI=1S/C27H30Cl2N6O5S/c1-30-27(37)32-23-10-9-21(16-22(23)29)41(38,39)34-13-11-33(12-14-34)24-17-31-35(19-6-4-5-18(28)15-19)26(36)25(24)40-20-7-2-3-8-20/h4-6,9-10,15-17,20H,2-3,7-8,11-14H2,1H3,(H2,30,32,37). The number of sulfonamides is 1. The number of amides is 2. The van der Waals surface area contributed by atoms with E-state index >= 15 is 0 Å².